The third-order valence-electron chi connectivity index (χ3n) is 1.80. The van der Waals surface area contributed by atoms with E-state index in [0.717, 1.165) is 17.3 Å². The summed E-state index contributed by atoms with van der Waals surface area (Å²) in [6, 6.07) is 3.63. The topological polar surface area (TPSA) is 42.0 Å². The largest absolute Gasteiger partial charge is 0.310 e. The number of hydrogen-bond acceptors (Lipinski definition) is 2. The van der Waals surface area contributed by atoms with E-state index in [1.165, 1.54) is 0 Å². The number of aromatic nitrogens is 1. The van der Waals surface area contributed by atoms with E-state index in [1.54, 1.807) is 12.3 Å². The van der Waals surface area contributed by atoms with Gasteiger partial charge in [0.1, 0.15) is 5.82 Å². The first-order valence-corrected chi connectivity index (χ1v) is 6.03. The Bertz CT molecular complexity index is 333. The second-order valence-corrected chi connectivity index (χ2v) is 4.26. The predicted octanol–water partition coefficient (Wildman–Crippen LogP) is 3.19. The van der Waals surface area contributed by atoms with Crippen LogP contribution in [0.3, 0.4) is 0 Å². The minimum absolute atomic E-state index is 0.0282. The van der Waals surface area contributed by atoms with Gasteiger partial charge in [0, 0.05) is 18.5 Å². The van der Waals surface area contributed by atoms with Crippen molar-refractivity contribution in [2.75, 3.05) is 11.2 Å². The van der Waals surface area contributed by atoms with Crippen molar-refractivity contribution < 1.29 is 4.79 Å². The fraction of sp³-hybridized carbons (Fsp3) is 0.400. The lowest BCUT2D eigenvalue weighted by molar-refractivity contribution is -0.116. The lowest BCUT2D eigenvalue weighted by Crippen LogP contribution is -2.12. The summed E-state index contributed by atoms with van der Waals surface area (Å²) < 4.78 is 0.788. The van der Waals surface area contributed by atoms with Gasteiger partial charge in [-0.2, -0.15) is 0 Å². The van der Waals surface area contributed by atoms with Crippen molar-refractivity contribution >= 4 is 39.3 Å². The highest BCUT2D eigenvalue weighted by Gasteiger charge is 2.05. The summed E-state index contributed by atoms with van der Waals surface area (Å²) in [5, 5.41) is 2.73. The van der Waals surface area contributed by atoms with Crippen LogP contribution in [0.1, 0.15) is 19.3 Å². The SMILES string of the molecule is O=C(CCCCCl)Nc1ncccc1Br. The first kappa shape index (κ1) is 12.5. The van der Waals surface area contributed by atoms with Crippen LogP contribution in [0, 0.1) is 0 Å². The molecule has 0 unspecified atom stereocenters. The van der Waals surface area contributed by atoms with Crippen LogP contribution in [0.4, 0.5) is 5.82 Å². The van der Waals surface area contributed by atoms with Gasteiger partial charge in [0.15, 0.2) is 0 Å². The van der Waals surface area contributed by atoms with Crippen molar-refractivity contribution in [3.63, 3.8) is 0 Å². The lowest BCUT2D eigenvalue weighted by Gasteiger charge is -2.05. The molecule has 0 aromatic carbocycles. The molecule has 1 aromatic heterocycles. The molecule has 0 spiro atoms. The van der Waals surface area contributed by atoms with Gasteiger partial charge >= 0.3 is 0 Å². The van der Waals surface area contributed by atoms with Crippen molar-refractivity contribution in [3.8, 4) is 0 Å². The van der Waals surface area contributed by atoms with Crippen LogP contribution in [0.2, 0.25) is 0 Å². The number of rotatable bonds is 5. The summed E-state index contributed by atoms with van der Waals surface area (Å²) in [4.78, 5) is 15.5. The molecular formula is C10H12BrClN2O. The minimum atomic E-state index is -0.0282. The van der Waals surface area contributed by atoms with Gasteiger partial charge < -0.3 is 5.32 Å². The molecular weight excluding hydrogens is 279 g/mol. The maximum atomic E-state index is 11.4. The summed E-state index contributed by atoms with van der Waals surface area (Å²) in [6.07, 6.45) is 3.78. The number of carbonyl (C=O) groups excluding carboxylic acids is 1. The van der Waals surface area contributed by atoms with E-state index in [-0.39, 0.29) is 5.91 Å². The fourth-order valence-electron chi connectivity index (χ4n) is 1.05. The Kier molecular flexibility index (Phi) is 5.65. The summed E-state index contributed by atoms with van der Waals surface area (Å²) in [5.74, 6) is 1.13. The van der Waals surface area contributed by atoms with Crippen molar-refractivity contribution in [1.82, 2.24) is 4.98 Å². The molecule has 1 aromatic rings. The van der Waals surface area contributed by atoms with Crippen LogP contribution in [0.5, 0.6) is 0 Å². The maximum Gasteiger partial charge on any atom is 0.225 e. The molecule has 0 saturated heterocycles. The van der Waals surface area contributed by atoms with Crippen LogP contribution in [-0.2, 0) is 4.79 Å². The zero-order valence-electron chi connectivity index (χ0n) is 8.17. The molecule has 0 fully saturated rings. The average molecular weight is 292 g/mol. The predicted molar refractivity (Wildman–Crippen MR) is 65.1 cm³/mol. The second kappa shape index (κ2) is 6.80. The number of anilines is 1. The Hall–Kier alpha value is -0.610. The number of nitrogens with zero attached hydrogens (tertiary/aromatic N) is 1. The molecule has 5 heteroatoms. The first-order valence-electron chi connectivity index (χ1n) is 4.70. The van der Waals surface area contributed by atoms with E-state index >= 15 is 0 Å². The van der Waals surface area contributed by atoms with Crippen LogP contribution < -0.4 is 5.32 Å². The molecule has 82 valence electrons. The van der Waals surface area contributed by atoms with Gasteiger partial charge in [-0.1, -0.05) is 0 Å². The van der Waals surface area contributed by atoms with Crippen molar-refractivity contribution in [3.05, 3.63) is 22.8 Å². The minimum Gasteiger partial charge on any atom is -0.310 e. The van der Waals surface area contributed by atoms with Crippen molar-refractivity contribution in [2.45, 2.75) is 19.3 Å². The molecule has 1 N–H and O–H groups in total. The molecule has 0 atom stereocenters. The van der Waals surface area contributed by atoms with E-state index in [9.17, 15) is 4.79 Å². The molecule has 0 aliphatic carbocycles. The molecule has 1 amide bonds. The van der Waals surface area contributed by atoms with Crippen LogP contribution in [-0.4, -0.2) is 16.8 Å². The van der Waals surface area contributed by atoms with E-state index in [4.69, 9.17) is 11.6 Å². The number of alkyl halides is 1. The summed E-state index contributed by atoms with van der Waals surface area (Å²) in [7, 11) is 0. The van der Waals surface area contributed by atoms with E-state index in [1.807, 2.05) is 6.07 Å². The summed E-state index contributed by atoms with van der Waals surface area (Å²) in [5.41, 5.74) is 0. The van der Waals surface area contributed by atoms with Crippen molar-refractivity contribution in [1.29, 1.82) is 0 Å². The monoisotopic (exact) mass is 290 g/mol. The molecule has 0 aliphatic heterocycles. The number of amides is 1. The van der Waals surface area contributed by atoms with Gasteiger partial charge in [-0.15, -0.1) is 11.6 Å². The fourth-order valence-corrected chi connectivity index (χ4v) is 1.60. The third-order valence-corrected chi connectivity index (χ3v) is 2.71. The van der Waals surface area contributed by atoms with Gasteiger partial charge in [0.25, 0.3) is 0 Å². The zero-order chi connectivity index (χ0) is 11.1. The summed E-state index contributed by atoms with van der Waals surface area (Å²) >= 11 is 8.83. The van der Waals surface area contributed by atoms with E-state index in [2.05, 4.69) is 26.2 Å². The zero-order valence-corrected chi connectivity index (χ0v) is 10.5. The van der Waals surface area contributed by atoms with E-state index < -0.39 is 0 Å². The van der Waals surface area contributed by atoms with Gasteiger partial charge in [0.05, 0.1) is 4.47 Å². The number of hydrogen-bond donors (Lipinski definition) is 1. The smallest absolute Gasteiger partial charge is 0.225 e. The molecule has 15 heavy (non-hydrogen) atoms. The summed E-state index contributed by atoms with van der Waals surface area (Å²) in [6.45, 7) is 0. The number of carbonyl (C=O) groups is 1. The molecule has 0 radical (unpaired) electrons. The van der Waals surface area contributed by atoms with E-state index in [0.29, 0.717) is 18.1 Å². The Morgan fingerprint density at radius 1 is 1.53 bits per heavy atom. The Balaban J connectivity index is 2.41. The molecule has 3 nitrogen and oxygen atoms in total. The Morgan fingerprint density at radius 2 is 2.33 bits per heavy atom. The quantitative estimate of drug-likeness (QED) is 0.669. The van der Waals surface area contributed by atoms with Gasteiger partial charge in [-0.3, -0.25) is 4.79 Å². The number of halogens is 2. The van der Waals surface area contributed by atoms with Gasteiger partial charge in [0.2, 0.25) is 5.91 Å². The Morgan fingerprint density at radius 3 is 3.00 bits per heavy atom. The highest BCUT2D eigenvalue weighted by molar-refractivity contribution is 9.10. The first-order chi connectivity index (χ1) is 7.24. The molecule has 0 aliphatic rings. The van der Waals surface area contributed by atoms with Gasteiger partial charge in [-0.25, -0.2) is 4.98 Å². The van der Waals surface area contributed by atoms with Crippen molar-refractivity contribution in [2.24, 2.45) is 0 Å². The molecule has 0 saturated carbocycles. The average Bonchev–Trinajstić information content (AvgIpc) is 2.22. The third kappa shape index (κ3) is 4.62. The van der Waals surface area contributed by atoms with Crippen LogP contribution in [0.15, 0.2) is 22.8 Å². The molecule has 0 bridgehead atoms. The second-order valence-electron chi connectivity index (χ2n) is 3.03. The van der Waals surface area contributed by atoms with Crippen LogP contribution >= 0.6 is 27.5 Å². The Labute approximate surface area is 102 Å². The molecule has 1 heterocycles. The lowest BCUT2D eigenvalue weighted by atomic mass is 10.2. The standard InChI is InChI=1S/C10H12BrClN2O/c11-8-4-3-7-13-10(8)14-9(15)5-1-2-6-12/h3-4,7H,1-2,5-6H2,(H,13,14,15). The number of nitrogens with one attached hydrogen (secondary N) is 1. The maximum absolute atomic E-state index is 11.4. The highest BCUT2D eigenvalue weighted by atomic mass is 79.9. The highest BCUT2D eigenvalue weighted by Crippen LogP contribution is 2.18. The normalized spacial score (nSPS) is 10.0. The number of pyridine rings is 1. The number of unbranched alkanes of at least 4 members (excludes halogenated alkanes) is 1. The van der Waals surface area contributed by atoms with Crippen LogP contribution in [0.25, 0.3) is 0 Å². The molecule has 1 rings (SSSR count). The van der Waals surface area contributed by atoms with Gasteiger partial charge in [-0.05, 0) is 40.9 Å².